The third kappa shape index (κ3) is 5.15. The van der Waals surface area contributed by atoms with E-state index in [4.69, 9.17) is 13.9 Å². The van der Waals surface area contributed by atoms with Crippen molar-refractivity contribution in [3.63, 3.8) is 0 Å². The van der Waals surface area contributed by atoms with Crippen LogP contribution in [0.2, 0.25) is 0 Å². The number of nitrogens with zero attached hydrogens (tertiary/aromatic N) is 2. The summed E-state index contributed by atoms with van der Waals surface area (Å²) in [6.07, 6.45) is 2.87. The number of ether oxygens (including phenoxy) is 2. The Bertz CT molecular complexity index is 1320. The van der Waals surface area contributed by atoms with E-state index in [-0.39, 0.29) is 17.1 Å². The van der Waals surface area contributed by atoms with Crippen molar-refractivity contribution in [2.24, 2.45) is 0 Å². The number of aryl methyl sites for hydroxylation is 2. The van der Waals surface area contributed by atoms with Crippen molar-refractivity contribution in [3.05, 3.63) is 74.6 Å². The maximum Gasteiger partial charge on any atom is 0.290 e. The monoisotopic (exact) mass is 504 g/mol. The normalized spacial score (nSPS) is 18.0. The van der Waals surface area contributed by atoms with Crippen LogP contribution in [0.1, 0.15) is 65.0 Å². The molecule has 0 spiro atoms. The Morgan fingerprint density at radius 2 is 1.70 bits per heavy atom. The Hall–Kier alpha value is -3.16. The van der Waals surface area contributed by atoms with Gasteiger partial charge in [0.15, 0.2) is 5.43 Å². The van der Waals surface area contributed by atoms with E-state index in [1.165, 1.54) is 0 Å². The fourth-order valence-electron chi connectivity index (χ4n) is 5.22. The maximum atomic E-state index is 13.8. The van der Waals surface area contributed by atoms with Gasteiger partial charge in [0.25, 0.3) is 5.91 Å². The summed E-state index contributed by atoms with van der Waals surface area (Å²) >= 11 is 0. The highest BCUT2D eigenvalue weighted by atomic mass is 16.5. The van der Waals surface area contributed by atoms with Gasteiger partial charge in [0.2, 0.25) is 5.76 Å². The molecule has 0 N–H and O–H groups in total. The van der Waals surface area contributed by atoms with Gasteiger partial charge in [-0.05, 0) is 67.6 Å². The molecular weight excluding hydrogens is 468 g/mol. The number of carbonyl (C=O) groups is 1. The van der Waals surface area contributed by atoms with Gasteiger partial charge in [-0.1, -0.05) is 25.5 Å². The predicted octanol–water partition coefficient (Wildman–Crippen LogP) is 4.86. The molecule has 0 aliphatic carbocycles. The Balaban J connectivity index is 1.50. The number of benzene rings is 2. The lowest BCUT2D eigenvalue weighted by Crippen LogP contribution is -2.38. The van der Waals surface area contributed by atoms with E-state index < -0.39 is 6.04 Å². The molecule has 7 heteroatoms. The Kier molecular flexibility index (Phi) is 7.63. The Morgan fingerprint density at radius 1 is 0.973 bits per heavy atom. The average Bonchev–Trinajstić information content (AvgIpc) is 3.18. The van der Waals surface area contributed by atoms with Crippen molar-refractivity contribution in [1.82, 2.24) is 9.80 Å². The zero-order chi connectivity index (χ0) is 25.9. The molecule has 0 bridgehead atoms. The topological polar surface area (TPSA) is 72.2 Å². The number of morpholine rings is 1. The molecule has 1 fully saturated rings. The molecule has 2 aliphatic rings. The molecule has 196 valence electrons. The lowest BCUT2D eigenvalue weighted by Gasteiger charge is -2.29. The van der Waals surface area contributed by atoms with E-state index in [0.717, 1.165) is 74.6 Å². The predicted molar refractivity (Wildman–Crippen MR) is 144 cm³/mol. The zero-order valence-electron chi connectivity index (χ0n) is 22.0. The van der Waals surface area contributed by atoms with Crippen molar-refractivity contribution in [3.8, 4) is 5.75 Å². The van der Waals surface area contributed by atoms with Gasteiger partial charge in [0.1, 0.15) is 11.3 Å². The van der Waals surface area contributed by atoms with Crippen LogP contribution in [0.4, 0.5) is 0 Å². The third-order valence-electron chi connectivity index (χ3n) is 7.52. The van der Waals surface area contributed by atoms with Gasteiger partial charge in [-0.3, -0.25) is 14.5 Å². The number of fused-ring (bicyclic) bond motifs is 2. The summed E-state index contributed by atoms with van der Waals surface area (Å²) in [5, 5.41) is 0.523. The molecule has 1 aromatic heterocycles. The lowest BCUT2D eigenvalue weighted by molar-refractivity contribution is 0.0353. The fourth-order valence-corrected chi connectivity index (χ4v) is 5.22. The Morgan fingerprint density at radius 3 is 2.43 bits per heavy atom. The fraction of sp³-hybridized carbons (Fsp3) is 0.467. The van der Waals surface area contributed by atoms with Crippen molar-refractivity contribution in [2.45, 2.75) is 46.1 Å². The number of rotatable bonds is 9. The first-order valence-electron chi connectivity index (χ1n) is 13.4. The molecule has 1 atom stereocenters. The first kappa shape index (κ1) is 25.5. The van der Waals surface area contributed by atoms with E-state index >= 15 is 0 Å². The first-order chi connectivity index (χ1) is 18.0. The van der Waals surface area contributed by atoms with E-state index in [9.17, 15) is 9.59 Å². The van der Waals surface area contributed by atoms with Crippen molar-refractivity contribution >= 4 is 16.9 Å². The van der Waals surface area contributed by atoms with E-state index in [1.807, 2.05) is 55.1 Å². The standard InChI is InChI=1S/C30H36N2O5/c1-4-5-15-36-23-9-7-22(8-10-23)27-26-28(33)24-18-20(2)21(3)19-25(24)37-29(26)30(34)32(27)12-6-11-31-13-16-35-17-14-31/h7-10,18-19,27H,4-6,11-17H2,1-3H3. The second-order valence-corrected chi connectivity index (χ2v) is 10.1. The Labute approximate surface area is 218 Å². The summed E-state index contributed by atoms with van der Waals surface area (Å²) in [7, 11) is 0. The average molecular weight is 505 g/mol. The molecular formula is C30H36N2O5. The first-order valence-corrected chi connectivity index (χ1v) is 13.4. The van der Waals surface area contributed by atoms with Crippen LogP contribution in [0.5, 0.6) is 5.75 Å². The molecule has 3 aromatic rings. The third-order valence-corrected chi connectivity index (χ3v) is 7.52. The van der Waals surface area contributed by atoms with E-state index in [2.05, 4.69) is 11.8 Å². The van der Waals surface area contributed by atoms with Crippen LogP contribution in [0.3, 0.4) is 0 Å². The molecule has 1 unspecified atom stereocenters. The number of unbranched alkanes of at least 4 members (excludes halogenated alkanes) is 1. The molecule has 37 heavy (non-hydrogen) atoms. The molecule has 0 radical (unpaired) electrons. The highest BCUT2D eigenvalue weighted by Crippen LogP contribution is 2.39. The minimum Gasteiger partial charge on any atom is -0.494 e. The minimum absolute atomic E-state index is 0.128. The number of carbonyl (C=O) groups excluding carboxylic acids is 1. The second kappa shape index (κ2) is 11.1. The summed E-state index contributed by atoms with van der Waals surface area (Å²) < 4.78 is 17.5. The molecule has 3 heterocycles. The van der Waals surface area contributed by atoms with E-state index in [1.54, 1.807) is 0 Å². The molecule has 2 aromatic carbocycles. The van der Waals surface area contributed by atoms with Gasteiger partial charge in [-0.2, -0.15) is 0 Å². The van der Waals surface area contributed by atoms with Crippen LogP contribution in [-0.4, -0.2) is 61.7 Å². The van der Waals surface area contributed by atoms with Crippen LogP contribution >= 0.6 is 0 Å². The molecule has 7 nitrogen and oxygen atoms in total. The summed E-state index contributed by atoms with van der Waals surface area (Å²) in [6, 6.07) is 11.0. The lowest BCUT2D eigenvalue weighted by atomic mass is 9.97. The van der Waals surface area contributed by atoms with Crippen LogP contribution in [0.15, 0.2) is 45.6 Å². The number of hydrogen-bond donors (Lipinski definition) is 0. The van der Waals surface area contributed by atoms with Crippen LogP contribution in [0.25, 0.3) is 11.0 Å². The van der Waals surface area contributed by atoms with Crippen LogP contribution < -0.4 is 10.2 Å². The van der Waals surface area contributed by atoms with E-state index in [0.29, 0.717) is 29.7 Å². The molecule has 1 amide bonds. The quantitative estimate of drug-likeness (QED) is 0.388. The molecule has 1 saturated heterocycles. The molecule has 2 aliphatic heterocycles. The number of hydrogen-bond acceptors (Lipinski definition) is 6. The highest BCUT2D eigenvalue weighted by Gasteiger charge is 2.42. The summed E-state index contributed by atoms with van der Waals surface area (Å²) in [4.78, 5) is 31.7. The SMILES string of the molecule is CCCCOc1ccc(C2c3c(oc4cc(C)c(C)cc4c3=O)C(=O)N2CCCN2CCOCC2)cc1. The maximum absolute atomic E-state index is 13.8. The van der Waals surface area contributed by atoms with Crippen molar-refractivity contribution in [1.29, 1.82) is 0 Å². The summed E-state index contributed by atoms with van der Waals surface area (Å²) in [5.41, 5.74) is 3.71. The van der Waals surface area contributed by atoms with Gasteiger partial charge >= 0.3 is 0 Å². The zero-order valence-corrected chi connectivity index (χ0v) is 22.0. The summed E-state index contributed by atoms with van der Waals surface area (Å²) in [6.45, 7) is 11.5. The van der Waals surface area contributed by atoms with Crippen LogP contribution in [0, 0.1) is 13.8 Å². The van der Waals surface area contributed by atoms with Gasteiger partial charge in [0.05, 0.1) is 36.8 Å². The van der Waals surface area contributed by atoms with Gasteiger partial charge in [-0.15, -0.1) is 0 Å². The molecule has 0 saturated carbocycles. The highest BCUT2D eigenvalue weighted by molar-refractivity contribution is 5.99. The van der Waals surface area contributed by atoms with Crippen LogP contribution in [-0.2, 0) is 4.74 Å². The van der Waals surface area contributed by atoms with Crippen molar-refractivity contribution < 1.29 is 18.7 Å². The van der Waals surface area contributed by atoms with Gasteiger partial charge < -0.3 is 18.8 Å². The molecule has 5 rings (SSSR count). The minimum atomic E-state index is -0.487. The van der Waals surface area contributed by atoms with Gasteiger partial charge in [-0.25, -0.2) is 0 Å². The van der Waals surface area contributed by atoms with Crippen molar-refractivity contribution in [2.75, 3.05) is 46.0 Å². The number of amides is 1. The second-order valence-electron chi connectivity index (χ2n) is 10.1. The van der Waals surface area contributed by atoms with Gasteiger partial charge in [0, 0.05) is 26.2 Å². The summed E-state index contributed by atoms with van der Waals surface area (Å²) in [5.74, 6) is 0.736. The largest absolute Gasteiger partial charge is 0.494 e. The smallest absolute Gasteiger partial charge is 0.290 e.